The van der Waals surface area contributed by atoms with E-state index in [0.29, 0.717) is 10.8 Å². The number of benzene rings is 2. The summed E-state index contributed by atoms with van der Waals surface area (Å²) in [6.07, 6.45) is 0. The van der Waals surface area contributed by atoms with Crippen molar-refractivity contribution in [2.75, 3.05) is 4.90 Å². The highest BCUT2D eigenvalue weighted by molar-refractivity contribution is 7.14. The minimum absolute atomic E-state index is 0.0688. The molecule has 0 aliphatic heterocycles. The molecular formula is C21H21N3O4S. The first kappa shape index (κ1) is 20.5. The van der Waals surface area contributed by atoms with Crippen molar-refractivity contribution in [3.05, 3.63) is 74.3 Å². The Morgan fingerprint density at radius 1 is 1.24 bits per heavy atom. The number of amides is 1. The summed E-state index contributed by atoms with van der Waals surface area (Å²) in [6, 6.07) is 10.5. The van der Waals surface area contributed by atoms with Gasteiger partial charge in [0, 0.05) is 18.4 Å². The largest absolute Gasteiger partial charge is 0.480 e. The minimum Gasteiger partial charge on any atom is -0.480 e. The standard InChI is InChI=1S/C21H21N3O4S/c1-13-8-9-19(24(26)27)20(10-13)28-11-17-12-29-21(22-17)23(16(4)25)18-7-5-6-14(2)15(18)3/h5-10,12H,11H2,1-4H3. The Hall–Kier alpha value is -3.26. The second-order valence-corrected chi connectivity index (χ2v) is 7.55. The van der Waals surface area contributed by atoms with E-state index in [4.69, 9.17) is 4.74 Å². The summed E-state index contributed by atoms with van der Waals surface area (Å²) >= 11 is 1.32. The molecule has 7 nitrogen and oxygen atoms in total. The summed E-state index contributed by atoms with van der Waals surface area (Å²) < 4.78 is 5.67. The molecule has 0 aliphatic carbocycles. The highest BCUT2D eigenvalue weighted by Crippen LogP contribution is 2.33. The van der Waals surface area contributed by atoms with Gasteiger partial charge in [0.2, 0.25) is 5.91 Å². The molecule has 1 heterocycles. The van der Waals surface area contributed by atoms with Gasteiger partial charge in [-0.3, -0.25) is 19.8 Å². The summed E-state index contributed by atoms with van der Waals surface area (Å²) in [5, 5.41) is 13.5. The number of ether oxygens (including phenoxy) is 1. The van der Waals surface area contributed by atoms with E-state index in [9.17, 15) is 14.9 Å². The number of thiazole rings is 1. The van der Waals surface area contributed by atoms with Crippen LogP contribution in [0.1, 0.15) is 29.3 Å². The highest BCUT2D eigenvalue weighted by Gasteiger charge is 2.21. The first-order valence-corrected chi connectivity index (χ1v) is 9.85. The molecule has 1 amide bonds. The van der Waals surface area contributed by atoms with Crippen LogP contribution in [0.4, 0.5) is 16.5 Å². The number of hydrogen-bond donors (Lipinski definition) is 0. The molecule has 8 heteroatoms. The van der Waals surface area contributed by atoms with Crippen molar-refractivity contribution < 1.29 is 14.5 Å². The maximum Gasteiger partial charge on any atom is 0.310 e. The molecule has 0 saturated heterocycles. The molecule has 2 aromatic carbocycles. The smallest absolute Gasteiger partial charge is 0.310 e. The predicted molar refractivity (Wildman–Crippen MR) is 113 cm³/mol. The quantitative estimate of drug-likeness (QED) is 0.409. The van der Waals surface area contributed by atoms with Crippen LogP contribution < -0.4 is 9.64 Å². The summed E-state index contributed by atoms with van der Waals surface area (Å²) in [6.45, 7) is 7.36. The second-order valence-electron chi connectivity index (χ2n) is 6.71. The summed E-state index contributed by atoms with van der Waals surface area (Å²) in [5.74, 6) is 0.0531. The number of aryl methyl sites for hydroxylation is 2. The number of aromatic nitrogens is 1. The number of anilines is 2. The molecule has 1 aromatic heterocycles. The second kappa shape index (κ2) is 8.40. The van der Waals surface area contributed by atoms with E-state index in [1.54, 1.807) is 22.4 Å². The van der Waals surface area contributed by atoms with E-state index >= 15 is 0 Å². The number of carbonyl (C=O) groups is 1. The SMILES string of the molecule is CC(=O)N(c1nc(COc2cc(C)ccc2[N+](=O)[O-])cs1)c1cccc(C)c1C. The van der Waals surface area contributed by atoms with Gasteiger partial charge in [0.1, 0.15) is 6.61 Å². The monoisotopic (exact) mass is 411 g/mol. The van der Waals surface area contributed by atoms with E-state index in [1.807, 2.05) is 39.0 Å². The molecule has 0 spiro atoms. The molecule has 0 aliphatic rings. The van der Waals surface area contributed by atoms with Crippen molar-refractivity contribution in [3.8, 4) is 5.75 Å². The van der Waals surface area contributed by atoms with Crippen molar-refractivity contribution in [1.29, 1.82) is 0 Å². The number of hydrogen-bond acceptors (Lipinski definition) is 6. The average molecular weight is 411 g/mol. The zero-order chi connectivity index (χ0) is 21.1. The Bertz CT molecular complexity index is 1080. The van der Waals surface area contributed by atoms with Gasteiger partial charge in [0.25, 0.3) is 0 Å². The first-order chi connectivity index (χ1) is 13.8. The van der Waals surface area contributed by atoms with Crippen molar-refractivity contribution >= 4 is 33.8 Å². The van der Waals surface area contributed by atoms with Crippen LogP contribution in [0.15, 0.2) is 41.8 Å². The van der Waals surface area contributed by atoms with Gasteiger partial charge in [-0.25, -0.2) is 4.98 Å². The molecule has 0 atom stereocenters. The molecule has 0 radical (unpaired) electrons. The maximum absolute atomic E-state index is 12.3. The maximum atomic E-state index is 12.3. The fourth-order valence-electron chi connectivity index (χ4n) is 2.89. The van der Waals surface area contributed by atoms with Gasteiger partial charge >= 0.3 is 5.69 Å². The Balaban J connectivity index is 1.85. The van der Waals surface area contributed by atoms with E-state index in [-0.39, 0.29) is 24.0 Å². The lowest BCUT2D eigenvalue weighted by molar-refractivity contribution is -0.386. The van der Waals surface area contributed by atoms with Gasteiger partial charge in [-0.05, 0) is 49.6 Å². The lowest BCUT2D eigenvalue weighted by atomic mass is 10.1. The van der Waals surface area contributed by atoms with Crippen LogP contribution in [0.3, 0.4) is 0 Å². The molecule has 3 rings (SSSR count). The molecule has 3 aromatic rings. The molecule has 0 saturated carbocycles. The molecule has 0 fully saturated rings. The first-order valence-electron chi connectivity index (χ1n) is 8.97. The summed E-state index contributed by atoms with van der Waals surface area (Å²) in [5.41, 5.74) is 4.24. The van der Waals surface area contributed by atoms with Crippen LogP contribution in [0.25, 0.3) is 0 Å². The normalized spacial score (nSPS) is 10.6. The van der Waals surface area contributed by atoms with Gasteiger partial charge < -0.3 is 4.74 Å². The molecule has 0 unspecified atom stereocenters. The van der Waals surface area contributed by atoms with Crippen molar-refractivity contribution in [2.24, 2.45) is 0 Å². The van der Waals surface area contributed by atoms with Crippen molar-refractivity contribution in [1.82, 2.24) is 4.98 Å². The number of carbonyl (C=O) groups excluding carboxylic acids is 1. The van der Waals surface area contributed by atoms with E-state index in [1.165, 1.54) is 24.3 Å². The Kier molecular flexibility index (Phi) is 5.93. The number of nitro benzene ring substituents is 1. The summed E-state index contributed by atoms with van der Waals surface area (Å²) in [7, 11) is 0. The average Bonchev–Trinajstić information content (AvgIpc) is 3.11. The van der Waals surface area contributed by atoms with Gasteiger partial charge in [0.15, 0.2) is 10.9 Å². The third-order valence-corrected chi connectivity index (χ3v) is 5.42. The van der Waals surface area contributed by atoms with E-state index < -0.39 is 4.92 Å². The van der Waals surface area contributed by atoms with E-state index in [2.05, 4.69) is 4.98 Å². The van der Waals surface area contributed by atoms with Crippen LogP contribution >= 0.6 is 11.3 Å². The van der Waals surface area contributed by atoms with Crippen LogP contribution in [0.5, 0.6) is 5.75 Å². The predicted octanol–water partition coefficient (Wildman–Crippen LogP) is 5.24. The Morgan fingerprint density at radius 3 is 2.69 bits per heavy atom. The van der Waals surface area contributed by atoms with Gasteiger partial charge in [-0.1, -0.05) is 18.2 Å². The number of rotatable bonds is 6. The molecular weight excluding hydrogens is 390 g/mol. The fraction of sp³-hybridized carbons (Fsp3) is 0.238. The third-order valence-electron chi connectivity index (χ3n) is 4.55. The third kappa shape index (κ3) is 4.43. The Labute approximate surface area is 172 Å². The Morgan fingerprint density at radius 2 is 2.00 bits per heavy atom. The van der Waals surface area contributed by atoms with Gasteiger partial charge in [-0.2, -0.15) is 0 Å². The van der Waals surface area contributed by atoms with Gasteiger partial charge in [-0.15, -0.1) is 11.3 Å². The zero-order valence-corrected chi connectivity index (χ0v) is 17.4. The minimum atomic E-state index is -0.473. The van der Waals surface area contributed by atoms with Crippen molar-refractivity contribution in [2.45, 2.75) is 34.3 Å². The van der Waals surface area contributed by atoms with Crippen LogP contribution in [0.2, 0.25) is 0 Å². The number of nitro groups is 1. The van der Waals surface area contributed by atoms with Crippen LogP contribution in [-0.2, 0) is 11.4 Å². The highest BCUT2D eigenvalue weighted by atomic mass is 32.1. The molecule has 0 N–H and O–H groups in total. The van der Waals surface area contributed by atoms with Crippen LogP contribution in [-0.4, -0.2) is 15.8 Å². The summed E-state index contributed by atoms with van der Waals surface area (Å²) in [4.78, 5) is 29.2. The molecule has 0 bridgehead atoms. The van der Waals surface area contributed by atoms with Gasteiger partial charge in [0.05, 0.1) is 16.3 Å². The lowest BCUT2D eigenvalue weighted by Gasteiger charge is -2.21. The zero-order valence-electron chi connectivity index (χ0n) is 16.6. The molecule has 150 valence electrons. The van der Waals surface area contributed by atoms with Crippen LogP contribution in [0, 0.1) is 30.9 Å². The lowest BCUT2D eigenvalue weighted by Crippen LogP contribution is -2.23. The number of nitrogens with zero attached hydrogens (tertiary/aromatic N) is 3. The van der Waals surface area contributed by atoms with E-state index in [0.717, 1.165) is 22.4 Å². The van der Waals surface area contributed by atoms with Crippen molar-refractivity contribution in [3.63, 3.8) is 0 Å². The fourth-order valence-corrected chi connectivity index (χ4v) is 3.75. The molecule has 29 heavy (non-hydrogen) atoms. The topological polar surface area (TPSA) is 85.6 Å².